The number of furan rings is 1. The topological polar surface area (TPSA) is 130 Å². The van der Waals surface area contributed by atoms with Crippen molar-refractivity contribution in [2.45, 2.75) is 13.0 Å². The van der Waals surface area contributed by atoms with Crippen molar-refractivity contribution in [1.29, 1.82) is 0 Å². The molecule has 43 heavy (non-hydrogen) atoms. The predicted molar refractivity (Wildman–Crippen MR) is 156 cm³/mol. The second kappa shape index (κ2) is 11.3. The fourth-order valence-corrected chi connectivity index (χ4v) is 6.24. The molecule has 0 spiro atoms. The van der Waals surface area contributed by atoms with Crippen LogP contribution in [0.1, 0.15) is 34.6 Å². The van der Waals surface area contributed by atoms with Crippen molar-refractivity contribution in [2.24, 2.45) is 4.99 Å². The van der Waals surface area contributed by atoms with E-state index in [0.29, 0.717) is 27.3 Å². The molecule has 0 unspecified atom stereocenters. The third-order valence-electron chi connectivity index (χ3n) is 7.15. The number of esters is 2. The van der Waals surface area contributed by atoms with Crippen LogP contribution in [0.2, 0.25) is 0 Å². The second-order valence-electron chi connectivity index (χ2n) is 9.72. The first-order chi connectivity index (χ1) is 20.8. The molecule has 4 aromatic rings. The first-order valence-electron chi connectivity index (χ1n) is 13.2. The molecule has 0 N–H and O–H groups in total. The molecule has 218 valence electrons. The molecule has 0 aliphatic carbocycles. The van der Waals surface area contributed by atoms with Gasteiger partial charge in [-0.05, 0) is 42.8 Å². The van der Waals surface area contributed by atoms with Gasteiger partial charge >= 0.3 is 11.9 Å². The normalized spacial score (nSPS) is 17.0. The Labute approximate surface area is 248 Å². The minimum atomic E-state index is -0.931. The van der Waals surface area contributed by atoms with Gasteiger partial charge in [-0.1, -0.05) is 41.7 Å². The van der Waals surface area contributed by atoms with Crippen molar-refractivity contribution in [2.75, 3.05) is 32.3 Å². The van der Waals surface area contributed by atoms with Gasteiger partial charge in [-0.15, -0.1) is 0 Å². The lowest BCUT2D eigenvalue weighted by Crippen LogP contribution is -2.41. The Bertz CT molecular complexity index is 1970. The summed E-state index contributed by atoms with van der Waals surface area (Å²) < 4.78 is 22.6. The molecule has 0 saturated heterocycles. The number of carbonyl (C=O) groups is 3. The van der Waals surface area contributed by atoms with Crippen LogP contribution >= 0.6 is 11.3 Å². The predicted octanol–water partition coefficient (Wildman–Crippen LogP) is 2.58. The molecule has 6 rings (SSSR count). The number of rotatable bonds is 7. The molecule has 2 aliphatic heterocycles. The van der Waals surface area contributed by atoms with E-state index in [1.807, 2.05) is 18.2 Å². The van der Waals surface area contributed by atoms with Gasteiger partial charge < -0.3 is 23.5 Å². The maximum absolute atomic E-state index is 14.2. The highest BCUT2D eigenvalue weighted by molar-refractivity contribution is 7.07. The van der Waals surface area contributed by atoms with Crippen LogP contribution in [-0.4, -0.2) is 49.8 Å². The van der Waals surface area contributed by atoms with E-state index in [0.717, 1.165) is 11.3 Å². The average Bonchev–Trinajstić information content (AvgIpc) is 3.71. The molecule has 11 nitrogen and oxygen atoms in total. The summed E-state index contributed by atoms with van der Waals surface area (Å²) in [5, 5.41) is 0. The summed E-state index contributed by atoms with van der Waals surface area (Å²) >= 11 is 1.09. The third kappa shape index (κ3) is 4.90. The maximum Gasteiger partial charge on any atom is 0.379 e. The smallest absolute Gasteiger partial charge is 0.379 e. The number of methoxy groups -OCH3 is 1. The minimum Gasteiger partial charge on any atom is -0.460 e. The number of allylic oxidation sites excluding steroid dienone is 1. The lowest BCUT2D eigenvalue weighted by Gasteiger charge is -2.25. The van der Waals surface area contributed by atoms with Gasteiger partial charge in [0, 0.05) is 19.7 Å². The molecular formula is C31H25N3O8S. The summed E-state index contributed by atoms with van der Waals surface area (Å²) in [6, 6.07) is 15.8. The first-order valence-corrected chi connectivity index (χ1v) is 14.1. The number of hydrogen-bond acceptors (Lipinski definition) is 10. The van der Waals surface area contributed by atoms with Crippen LogP contribution in [0.15, 0.2) is 92.4 Å². The first kappa shape index (κ1) is 28.1. The standard InChI is InChI=1S/C31H25N3O8S/c1-17-23(30(38)41-16-15-39-3)25(18-10-12-19(13-11-18)42-29(37)22-9-6-14-40-22)34-28(36)26(43-31(34)32-17)24-20-7-4-5-8-21(20)33(2)27(24)35/h4-14,25H,15-16H2,1-3H3/b26-24-/t25-/m0/s1. The Morgan fingerprint density at radius 3 is 2.49 bits per heavy atom. The van der Waals surface area contributed by atoms with Crippen LogP contribution in [0, 0.1) is 0 Å². The molecule has 2 aliphatic rings. The molecule has 0 radical (unpaired) electrons. The molecule has 1 atom stereocenters. The van der Waals surface area contributed by atoms with Gasteiger partial charge in [-0.2, -0.15) is 0 Å². The van der Waals surface area contributed by atoms with Gasteiger partial charge in [0.1, 0.15) is 16.9 Å². The highest BCUT2D eigenvalue weighted by atomic mass is 32.1. The minimum absolute atomic E-state index is 0.00664. The number of thiazole rings is 1. The lowest BCUT2D eigenvalue weighted by molar-refractivity contribution is -0.140. The number of fused-ring (bicyclic) bond motifs is 2. The Morgan fingerprint density at radius 1 is 1.00 bits per heavy atom. The van der Waals surface area contributed by atoms with Crippen LogP contribution in [0.25, 0.3) is 5.57 Å². The van der Waals surface area contributed by atoms with E-state index >= 15 is 0 Å². The van der Waals surface area contributed by atoms with Gasteiger partial charge in [-0.3, -0.25) is 14.2 Å². The maximum atomic E-state index is 14.2. The lowest BCUT2D eigenvalue weighted by atomic mass is 9.96. The number of likely N-dealkylation sites (N-methyl/N-ethyl adjacent to an activating group) is 1. The number of carbonyl (C=O) groups excluding carboxylic acids is 3. The number of hydrogen-bond donors (Lipinski definition) is 0. The van der Waals surface area contributed by atoms with E-state index in [-0.39, 0.29) is 46.3 Å². The Kier molecular flexibility index (Phi) is 7.38. The summed E-state index contributed by atoms with van der Waals surface area (Å²) in [4.78, 5) is 59.7. The second-order valence-corrected chi connectivity index (χ2v) is 10.7. The van der Waals surface area contributed by atoms with Crippen LogP contribution in [0.5, 0.6) is 5.75 Å². The van der Waals surface area contributed by atoms with E-state index in [4.69, 9.17) is 18.6 Å². The van der Waals surface area contributed by atoms with Crippen LogP contribution in [-0.2, 0) is 19.1 Å². The highest BCUT2D eigenvalue weighted by Gasteiger charge is 2.36. The fourth-order valence-electron chi connectivity index (χ4n) is 5.10. The summed E-state index contributed by atoms with van der Waals surface area (Å²) in [5.74, 6) is -1.35. The van der Waals surface area contributed by atoms with Crippen molar-refractivity contribution < 1.29 is 33.0 Å². The van der Waals surface area contributed by atoms with Gasteiger partial charge in [0.05, 0.1) is 41.4 Å². The van der Waals surface area contributed by atoms with E-state index in [1.165, 1.54) is 28.9 Å². The van der Waals surface area contributed by atoms with Crippen molar-refractivity contribution >= 4 is 40.4 Å². The summed E-state index contributed by atoms with van der Waals surface area (Å²) in [5.41, 5.74) is 2.23. The molecule has 4 heterocycles. The van der Waals surface area contributed by atoms with Gasteiger partial charge in [0.15, 0.2) is 4.80 Å². The Balaban J connectivity index is 1.48. The van der Waals surface area contributed by atoms with Gasteiger partial charge in [0.2, 0.25) is 5.76 Å². The number of amides is 1. The van der Waals surface area contributed by atoms with Gasteiger partial charge in [0.25, 0.3) is 11.5 Å². The Morgan fingerprint density at radius 2 is 1.77 bits per heavy atom. The third-order valence-corrected chi connectivity index (χ3v) is 8.20. The summed E-state index contributed by atoms with van der Waals surface area (Å²) in [6.07, 6.45) is 1.37. The van der Waals surface area contributed by atoms with E-state index < -0.39 is 23.5 Å². The zero-order valence-electron chi connectivity index (χ0n) is 23.4. The number of ether oxygens (including phenoxy) is 3. The molecule has 0 fully saturated rings. The largest absolute Gasteiger partial charge is 0.460 e. The highest BCUT2D eigenvalue weighted by Crippen LogP contribution is 2.35. The molecule has 0 saturated carbocycles. The SMILES string of the molecule is COCCOC(=O)C1=C(C)N=c2s/c(=C3\C(=O)N(C)c4ccccc43)c(=O)n2[C@H]1c1ccc(OC(=O)c2ccco2)cc1. The summed E-state index contributed by atoms with van der Waals surface area (Å²) in [7, 11) is 3.15. The van der Waals surface area contributed by atoms with Crippen molar-refractivity contribution in [3.8, 4) is 5.75 Å². The molecule has 12 heteroatoms. The summed E-state index contributed by atoms with van der Waals surface area (Å²) in [6.45, 7) is 1.87. The average molecular weight is 600 g/mol. The van der Waals surface area contributed by atoms with Gasteiger partial charge in [-0.25, -0.2) is 14.6 Å². The molecular weight excluding hydrogens is 574 g/mol. The van der Waals surface area contributed by atoms with E-state index in [1.54, 1.807) is 50.4 Å². The van der Waals surface area contributed by atoms with Crippen LogP contribution in [0.3, 0.4) is 0 Å². The zero-order chi connectivity index (χ0) is 30.2. The molecule has 2 aromatic heterocycles. The van der Waals surface area contributed by atoms with Crippen LogP contribution in [0.4, 0.5) is 5.69 Å². The van der Waals surface area contributed by atoms with Crippen molar-refractivity contribution in [1.82, 2.24) is 4.57 Å². The van der Waals surface area contributed by atoms with E-state index in [2.05, 4.69) is 4.99 Å². The Hall–Kier alpha value is -5.07. The van der Waals surface area contributed by atoms with Crippen molar-refractivity contribution in [3.63, 3.8) is 0 Å². The van der Waals surface area contributed by atoms with Crippen molar-refractivity contribution in [3.05, 3.63) is 115 Å². The monoisotopic (exact) mass is 599 g/mol. The van der Waals surface area contributed by atoms with E-state index in [9.17, 15) is 19.2 Å². The molecule has 0 bridgehead atoms. The molecule has 2 aromatic carbocycles. The number of para-hydroxylation sites is 1. The zero-order valence-corrected chi connectivity index (χ0v) is 24.2. The number of nitrogens with zero attached hydrogens (tertiary/aromatic N) is 3. The number of anilines is 1. The number of aromatic nitrogens is 1. The fraction of sp³-hybridized carbons (Fsp3) is 0.194. The number of benzene rings is 2. The molecule has 1 amide bonds. The quantitative estimate of drug-likeness (QED) is 0.180. The van der Waals surface area contributed by atoms with Crippen LogP contribution < -0.4 is 24.5 Å².